The minimum atomic E-state index is -4.43. The van der Waals surface area contributed by atoms with Crippen LogP contribution in [0.2, 0.25) is 0 Å². The predicted octanol–water partition coefficient (Wildman–Crippen LogP) is 7.94. The zero-order valence-corrected chi connectivity index (χ0v) is 22.3. The maximum Gasteiger partial charge on any atom is 0.417 e. The van der Waals surface area contributed by atoms with E-state index in [-0.39, 0.29) is 16.7 Å². The van der Waals surface area contributed by atoms with Crippen LogP contribution in [0, 0.1) is 0 Å². The van der Waals surface area contributed by atoms with Crippen molar-refractivity contribution in [1.29, 1.82) is 0 Å². The molecule has 0 spiro atoms. The number of amides is 1. The van der Waals surface area contributed by atoms with Gasteiger partial charge in [-0.1, -0.05) is 49.9 Å². The monoisotopic (exact) mass is 529 g/mol. The van der Waals surface area contributed by atoms with Gasteiger partial charge in [-0.3, -0.25) is 4.79 Å². The first kappa shape index (κ1) is 30.0. The van der Waals surface area contributed by atoms with Gasteiger partial charge in [0.05, 0.1) is 5.56 Å². The number of nitrogens with two attached hydrogens (primary N) is 1. The van der Waals surface area contributed by atoms with Crippen molar-refractivity contribution in [2.24, 2.45) is 5.73 Å². The van der Waals surface area contributed by atoms with E-state index in [2.05, 4.69) is 42.6 Å². The van der Waals surface area contributed by atoms with Gasteiger partial charge in [0.1, 0.15) is 5.82 Å². The number of hydrogen-bond donors (Lipinski definition) is 1. The second-order valence-corrected chi connectivity index (χ2v) is 9.79. The molecule has 2 N–H and O–H groups in total. The molecule has 1 aliphatic heterocycles. The van der Waals surface area contributed by atoms with Crippen LogP contribution in [0.5, 0.6) is 0 Å². The first-order chi connectivity index (χ1) is 17.6. The lowest BCUT2D eigenvalue weighted by atomic mass is 10.0. The number of nitrogens with zero attached hydrogens (tertiary/aromatic N) is 2. The molecule has 0 aliphatic carbocycles. The van der Waals surface area contributed by atoms with Gasteiger partial charge in [-0.15, -0.1) is 13.2 Å². The summed E-state index contributed by atoms with van der Waals surface area (Å²) in [5.41, 5.74) is 6.22. The number of pyridine rings is 1. The number of benzene rings is 2. The van der Waals surface area contributed by atoms with E-state index in [0.29, 0.717) is 5.56 Å². The van der Waals surface area contributed by atoms with Gasteiger partial charge in [-0.2, -0.15) is 13.2 Å². The predicted molar refractivity (Wildman–Crippen MR) is 147 cm³/mol. The van der Waals surface area contributed by atoms with Crippen LogP contribution in [0.1, 0.15) is 50.7 Å². The lowest BCUT2D eigenvalue weighted by Crippen LogP contribution is -2.18. The zero-order valence-electron chi connectivity index (χ0n) is 21.5. The van der Waals surface area contributed by atoms with Gasteiger partial charge in [-0.25, -0.2) is 4.98 Å². The fraction of sp³-hybridized carbons (Fsp3) is 0.310. The van der Waals surface area contributed by atoms with Crippen molar-refractivity contribution in [2.75, 3.05) is 18.0 Å². The number of carbonyl (C=O) groups excluding carboxylic acids is 1. The Hall–Kier alpha value is -3.26. The van der Waals surface area contributed by atoms with E-state index >= 15 is 0 Å². The first-order valence-electron chi connectivity index (χ1n) is 12.0. The molecule has 2 heterocycles. The molecule has 0 unspecified atom stereocenters. The second-order valence-electron chi connectivity index (χ2n) is 8.71. The molecular formula is C29H34F3N3OS. The molecule has 1 amide bonds. The first-order valence-corrected chi connectivity index (χ1v) is 12.8. The Morgan fingerprint density at radius 1 is 1.00 bits per heavy atom. The van der Waals surface area contributed by atoms with Crippen molar-refractivity contribution in [3.63, 3.8) is 0 Å². The van der Waals surface area contributed by atoms with Crippen molar-refractivity contribution >= 4 is 23.5 Å². The smallest absolute Gasteiger partial charge is 0.370 e. The highest BCUT2D eigenvalue weighted by atomic mass is 32.2. The summed E-state index contributed by atoms with van der Waals surface area (Å²) in [5, 5.41) is 0. The molecule has 198 valence electrons. The molecule has 4 nitrogen and oxygen atoms in total. The van der Waals surface area contributed by atoms with E-state index < -0.39 is 11.7 Å². The summed E-state index contributed by atoms with van der Waals surface area (Å²) in [7, 11) is 0. The molecule has 1 fully saturated rings. The summed E-state index contributed by atoms with van der Waals surface area (Å²) in [6, 6.07) is 16.0. The minimum absolute atomic E-state index is 0.221. The molecule has 0 radical (unpaired) electrons. The van der Waals surface area contributed by atoms with Crippen molar-refractivity contribution in [2.45, 2.75) is 55.5 Å². The number of halogens is 3. The van der Waals surface area contributed by atoms with Gasteiger partial charge in [0, 0.05) is 36.0 Å². The number of carbonyl (C=O) groups is 1. The summed E-state index contributed by atoms with van der Waals surface area (Å²) in [6.45, 7) is 13.3. The van der Waals surface area contributed by atoms with Crippen LogP contribution in [-0.4, -0.2) is 24.0 Å². The summed E-state index contributed by atoms with van der Waals surface area (Å²) < 4.78 is 42.0. The van der Waals surface area contributed by atoms with Crippen LogP contribution in [0.4, 0.5) is 19.0 Å². The lowest BCUT2D eigenvalue weighted by molar-refractivity contribution is -0.139. The Labute approximate surface area is 221 Å². The van der Waals surface area contributed by atoms with E-state index in [1.165, 1.54) is 24.8 Å². The Balaban J connectivity index is 0.000000733. The van der Waals surface area contributed by atoms with Gasteiger partial charge >= 0.3 is 6.18 Å². The molecule has 0 saturated carbocycles. The second kappa shape index (κ2) is 13.9. The van der Waals surface area contributed by atoms with Crippen LogP contribution in [0.3, 0.4) is 0 Å². The molecule has 0 bridgehead atoms. The number of alkyl halides is 3. The van der Waals surface area contributed by atoms with Gasteiger partial charge in [0.25, 0.3) is 0 Å². The third-order valence-corrected chi connectivity index (χ3v) is 6.72. The third kappa shape index (κ3) is 8.67. The SMILES string of the molecule is C=C.CC(C)c1ccccc1Sc1ccc(-c2ccnc(N3CCCC3)c2)cc1C(F)(F)F.CC(N)=O. The number of anilines is 1. The molecule has 37 heavy (non-hydrogen) atoms. The fourth-order valence-corrected chi connectivity index (χ4v) is 5.13. The van der Waals surface area contributed by atoms with Crippen LogP contribution < -0.4 is 10.6 Å². The highest BCUT2D eigenvalue weighted by Crippen LogP contribution is 2.43. The molecule has 1 aliphatic rings. The number of hydrogen-bond acceptors (Lipinski definition) is 4. The lowest BCUT2D eigenvalue weighted by Gasteiger charge is -2.18. The van der Waals surface area contributed by atoms with Gasteiger partial charge in [0.15, 0.2) is 0 Å². The normalized spacial score (nSPS) is 12.9. The van der Waals surface area contributed by atoms with Crippen molar-refractivity contribution in [3.8, 4) is 11.1 Å². The molecular weight excluding hydrogens is 495 g/mol. The Morgan fingerprint density at radius 3 is 2.19 bits per heavy atom. The minimum Gasteiger partial charge on any atom is -0.370 e. The van der Waals surface area contributed by atoms with Crippen LogP contribution in [0.15, 0.2) is 83.7 Å². The van der Waals surface area contributed by atoms with Crippen molar-refractivity contribution < 1.29 is 18.0 Å². The van der Waals surface area contributed by atoms with E-state index in [0.717, 1.165) is 47.8 Å². The van der Waals surface area contributed by atoms with Gasteiger partial charge < -0.3 is 10.6 Å². The molecule has 1 saturated heterocycles. The molecule has 2 aromatic carbocycles. The summed E-state index contributed by atoms with van der Waals surface area (Å²) in [4.78, 5) is 16.9. The average molecular weight is 530 g/mol. The molecule has 3 aromatic rings. The Morgan fingerprint density at radius 2 is 1.59 bits per heavy atom. The van der Waals surface area contributed by atoms with E-state index in [9.17, 15) is 18.0 Å². The molecule has 0 atom stereocenters. The molecule has 8 heteroatoms. The van der Waals surface area contributed by atoms with Gasteiger partial charge in [-0.05, 0) is 65.8 Å². The maximum absolute atomic E-state index is 14.0. The van der Waals surface area contributed by atoms with E-state index in [4.69, 9.17) is 0 Å². The topological polar surface area (TPSA) is 59.2 Å². The third-order valence-electron chi connectivity index (χ3n) is 5.55. The number of primary amides is 1. The van der Waals surface area contributed by atoms with Crippen LogP contribution >= 0.6 is 11.8 Å². The van der Waals surface area contributed by atoms with Crippen molar-refractivity contribution in [3.05, 3.63) is 85.1 Å². The fourth-order valence-electron chi connectivity index (χ4n) is 3.91. The van der Waals surface area contributed by atoms with E-state index in [1.807, 2.05) is 30.3 Å². The Kier molecular flexibility index (Phi) is 11.2. The summed E-state index contributed by atoms with van der Waals surface area (Å²) in [5.74, 6) is 0.728. The van der Waals surface area contributed by atoms with Gasteiger partial charge in [0.2, 0.25) is 5.91 Å². The molecule has 1 aromatic heterocycles. The zero-order chi connectivity index (χ0) is 27.6. The van der Waals surface area contributed by atoms with E-state index in [1.54, 1.807) is 24.4 Å². The average Bonchev–Trinajstić information content (AvgIpc) is 3.40. The quantitative estimate of drug-likeness (QED) is 0.341. The Bertz CT molecular complexity index is 1170. The van der Waals surface area contributed by atoms with Crippen LogP contribution in [-0.2, 0) is 11.0 Å². The maximum atomic E-state index is 14.0. The number of rotatable bonds is 5. The largest absolute Gasteiger partial charge is 0.417 e. The summed E-state index contributed by atoms with van der Waals surface area (Å²) >= 11 is 1.18. The van der Waals surface area contributed by atoms with Crippen LogP contribution in [0.25, 0.3) is 11.1 Å². The number of aromatic nitrogens is 1. The molecule has 4 rings (SSSR count). The highest BCUT2D eigenvalue weighted by Gasteiger charge is 2.34. The standard InChI is InChI=1S/C25H25F3N2S.C2H5NO.C2H4/c1-17(2)20-7-3-4-8-22(20)31-23-10-9-18(15-21(23)25(26,27)28)19-11-12-29-24(16-19)30-13-5-6-14-30;1-2(3)4;1-2/h3-4,7-12,15-17H,5-6,13-14H2,1-2H3;1H3,(H2,3,4);1-2H2. The highest BCUT2D eigenvalue weighted by molar-refractivity contribution is 7.99. The van der Waals surface area contributed by atoms with Crippen molar-refractivity contribution in [1.82, 2.24) is 4.98 Å². The summed E-state index contributed by atoms with van der Waals surface area (Å²) in [6.07, 6.45) is -0.518.